The van der Waals surface area contributed by atoms with Crippen LogP contribution in [0.25, 0.3) is 11.3 Å². The van der Waals surface area contributed by atoms with Gasteiger partial charge in [-0.25, -0.2) is 0 Å². The number of nitrogens with one attached hydrogen (secondary N) is 1. The molecule has 1 amide bonds. The van der Waals surface area contributed by atoms with E-state index in [1.54, 1.807) is 24.3 Å². The average Bonchev–Trinajstić information content (AvgIpc) is 3.10. The van der Waals surface area contributed by atoms with Crippen LogP contribution < -0.4 is 5.32 Å². The van der Waals surface area contributed by atoms with Crippen molar-refractivity contribution in [2.24, 2.45) is 0 Å². The van der Waals surface area contributed by atoms with E-state index >= 15 is 0 Å². The Morgan fingerprint density at radius 3 is 2.88 bits per heavy atom. The molecule has 0 radical (unpaired) electrons. The third kappa shape index (κ3) is 4.12. The third-order valence-electron chi connectivity index (χ3n) is 3.95. The highest BCUT2D eigenvalue weighted by molar-refractivity contribution is 5.92. The molecule has 1 fully saturated rings. The number of morpholine rings is 1. The highest BCUT2D eigenvalue weighted by Gasteiger charge is 2.15. The Morgan fingerprint density at radius 1 is 1.29 bits per heavy atom. The van der Waals surface area contributed by atoms with Crippen molar-refractivity contribution >= 4 is 5.91 Å². The number of para-hydroxylation sites is 1. The molecule has 1 aliphatic rings. The van der Waals surface area contributed by atoms with Gasteiger partial charge in [0.25, 0.3) is 5.91 Å². The Morgan fingerprint density at radius 2 is 2.08 bits per heavy atom. The van der Waals surface area contributed by atoms with Crippen molar-refractivity contribution in [3.63, 3.8) is 0 Å². The molecule has 7 nitrogen and oxygen atoms in total. The third-order valence-corrected chi connectivity index (χ3v) is 3.95. The minimum Gasteiger partial charge on any atom is -0.507 e. The lowest BCUT2D eigenvalue weighted by atomic mass is 10.1. The zero-order valence-corrected chi connectivity index (χ0v) is 13.4. The van der Waals surface area contributed by atoms with Gasteiger partial charge in [0.15, 0.2) is 0 Å². The monoisotopic (exact) mass is 331 g/mol. The number of amides is 1. The van der Waals surface area contributed by atoms with E-state index in [0.29, 0.717) is 17.8 Å². The Kier molecular flexibility index (Phi) is 5.45. The summed E-state index contributed by atoms with van der Waals surface area (Å²) in [5, 5.41) is 16.5. The predicted molar refractivity (Wildman–Crippen MR) is 87.8 cm³/mol. The van der Waals surface area contributed by atoms with Crippen LogP contribution in [0.4, 0.5) is 0 Å². The molecule has 2 aromatic rings. The highest BCUT2D eigenvalue weighted by atomic mass is 16.5. The van der Waals surface area contributed by atoms with E-state index < -0.39 is 0 Å². The first-order valence-electron chi connectivity index (χ1n) is 8.07. The quantitative estimate of drug-likeness (QED) is 0.780. The summed E-state index contributed by atoms with van der Waals surface area (Å²) in [5.41, 5.74) is 0.971. The number of aromatic nitrogens is 1. The number of ether oxygens (including phenoxy) is 1. The minimum atomic E-state index is -0.300. The van der Waals surface area contributed by atoms with E-state index in [9.17, 15) is 9.90 Å². The van der Waals surface area contributed by atoms with Gasteiger partial charge in [0.1, 0.15) is 11.4 Å². The number of nitrogens with zero attached hydrogens (tertiary/aromatic N) is 2. The maximum absolute atomic E-state index is 12.1. The first kappa shape index (κ1) is 16.5. The summed E-state index contributed by atoms with van der Waals surface area (Å²) in [6.07, 6.45) is 0.867. The maximum Gasteiger partial charge on any atom is 0.289 e. The zero-order chi connectivity index (χ0) is 16.8. The topological polar surface area (TPSA) is 87.8 Å². The fourth-order valence-corrected chi connectivity index (χ4v) is 2.62. The first-order chi connectivity index (χ1) is 11.7. The van der Waals surface area contributed by atoms with Gasteiger partial charge in [-0.15, -0.1) is 0 Å². The van der Waals surface area contributed by atoms with Gasteiger partial charge in [-0.1, -0.05) is 17.3 Å². The van der Waals surface area contributed by atoms with E-state index in [0.717, 1.165) is 39.3 Å². The van der Waals surface area contributed by atoms with Crippen molar-refractivity contribution in [3.05, 3.63) is 36.1 Å². The molecule has 0 aliphatic carbocycles. The lowest BCUT2D eigenvalue weighted by molar-refractivity contribution is 0.0374. The van der Waals surface area contributed by atoms with Crippen molar-refractivity contribution in [3.8, 4) is 17.0 Å². The first-order valence-corrected chi connectivity index (χ1v) is 8.07. The summed E-state index contributed by atoms with van der Waals surface area (Å²) in [4.78, 5) is 14.4. The van der Waals surface area contributed by atoms with Gasteiger partial charge in [-0.2, -0.15) is 0 Å². The SMILES string of the molecule is O=C(NCCCN1CCOCC1)c1cc(-c2ccccc2O)no1. The molecule has 0 saturated carbocycles. The lowest BCUT2D eigenvalue weighted by Crippen LogP contribution is -2.38. The average molecular weight is 331 g/mol. The molecule has 2 N–H and O–H groups in total. The van der Waals surface area contributed by atoms with E-state index in [-0.39, 0.29) is 17.4 Å². The van der Waals surface area contributed by atoms with Crippen molar-refractivity contribution in [1.82, 2.24) is 15.4 Å². The number of benzene rings is 1. The van der Waals surface area contributed by atoms with Gasteiger partial charge in [-0.3, -0.25) is 9.69 Å². The highest BCUT2D eigenvalue weighted by Crippen LogP contribution is 2.27. The van der Waals surface area contributed by atoms with Crippen LogP contribution in [0.2, 0.25) is 0 Å². The Labute approximate surface area is 140 Å². The van der Waals surface area contributed by atoms with Crippen LogP contribution in [-0.2, 0) is 4.74 Å². The molecule has 0 spiro atoms. The second-order valence-electron chi connectivity index (χ2n) is 5.66. The van der Waals surface area contributed by atoms with Crippen LogP contribution in [0.3, 0.4) is 0 Å². The predicted octanol–water partition coefficient (Wildman–Crippen LogP) is 1.50. The molecular weight excluding hydrogens is 310 g/mol. The van der Waals surface area contributed by atoms with Crippen molar-refractivity contribution < 1.29 is 19.2 Å². The summed E-state index contributed by atoms with van der Waals surface area (Å²) < 4.78 is 10.4. The van der Waals surface area contributed by atoms with Crippen molar-refractivity contribution in [2.45, 2.75) is 6.42 Å². The van der Waals surface area contributed by atoms with Crippen molar-refractivity contribution in [1.29, 1.82) is 0 Å². The molecular formula is C17H21N3O4. The van der Waals surface area contributed by atoms with E-state index in [1.165, 1.54) is 6.07 Å². The molecule has 1 saturated heterocycles. The Bertz CT molecular complexity index is 680. The Balaban J connectivity index is 1.48. The fourth-order valence-electron chi connectivity index (χ4n) is 2.62. The summed E-state index contributed by atoms with van der Waals surface area (Å²) in [5.74, 6) is -0.0611. The summed E-state index contributed by atoms with van der Waals surface area (Å²) in [6, 6.07) is 8.33. The molecule has 0 atom stereocenters. The smallest absolute Gasteiger partial charge is 0.289 e. The molecule has 0 bridgehead atoms. The number of phenols is 1. The second kappa shape index (κ2) is 7.94. The van der Waals surface area contributed by atoms with Crippen LogP contribution in [0.5, 0.6) is 5.75 Å². The van der Waals surface area contributed by atoms with Gasteiger partial charge >= 0.3 is 0 Å². The second-order valence-corrected chi connectivity index (χ2v) is 5.66. The van der Waals surface area contributed by atoms with Gasteiger partial charge < -0.3 is 19.7 Å². The maximum atomic E-state index is 12.1. The summed E-state index contributed by atoms with van der Waals surface area (Å²) in [7, 11) is 0. The normalized spacial score (nSPS) is 15.3. The van der Waals surface area contributed by atoms with E-state index in [4.69, 9.17) is 9.26 Å². The molecule has 0 unspecified atom stereocenters. The van der Waals surface area contributed by atoms with Gasteiger partial charge in [0, 0.05) is 31.3 Å². The van der Waals surface area contributed by atoms with Gasteiger partial charge in [0.2, 0.25) is 5.76 Å². The summed E-state index contributed by atoms with van der Waals surface area (Å²) in [6.45, 7) is 4.95. The Hall–Kier alpha value is -2.38. The standard InChI is InChI=1S/C17H21N3O4/c21-15-5-2-1-4-13(15)14-12-16(24-19-14)17(22)18-6-3-7-20-8-10-23-11-9-20/h1-2,4-5,12,21H,3,6-11H2,(H,18,22). The van der Waals surface area contributed by atoms with Gasteiger partial charge in [0.05, 0.1) is 13.2 Å². The molecule has 128 valence electrons. The largest absolute Gasteiger partial charge is 0.507 e. The van der Waals surface area contributed by atoms with Crippen LogP contribution in [-0.4, -0.2) is 60.5 Å². The van der Waals surface area contributed by atoms with Crippen molar-refractivity contribution in [2.75, 3.05) is 39.4 Å². The van der Waals surface area contributed by atoms with E-state index in [1.807, 2.05) is 0 Å². The molecule has 3 rings (SSSR count). The molecule has 1 aliphatic heterocycles. The molecule has 1 aromatic carbocycles. The van der Waals surface area contributed by atoms with Crippen LogP contribution >= 0.6 is 0 Å². The molecule has 24 heavy (non-hydrogen) atoms. The molecule has 2 heterocycles. The fraction of sp³-hybridized carbons (Fsp3) is 0.412. The summed E-state index contributed by atoms with van der Waals surface area (Å²) >= 11 is 0. The zero-order valence-electron chi connectivity index (χ0n) is 13.4. The minimum absolute atomic E-state index is 0.100. The number of phenolic OH excluding ortho intramolecular Hbond substituents is 1. The number of hydrogen-bond acceptors (Lipinski definition) is 6. The van der Waals surface area contributed by atoms with E-state index in [2.05, 4.69) is 15.4 Å². The lowest BCUT2D eigenvalue weighted by Gasteiger charge is -2.26. The molecule has 7 heteroatoms. The van der Waals surface area contributed by atoms with Gasteiger partial charge in [-0.05, 0) is 25.1 Å². The number of carbonyl (C=O) groups excluding carboxylic acids is 1. The number of hydrogen-bond donors (Lipinski definition) is 2. The van der Waals surface area contributed by atoms with Crippen LogP contribution in [0.15, 0.2) is 34.9 Å². The molecule has 1 aromatic heterocycles. The van der Waals surface area contributed by atoms with Crippen LogP contribution in [0, 0.1) is 0 Å². The number of rotatable bonds is 6. The number of aromatic hydroxyl groups is 1. The number of carbonyl (C=O) groups is 1. The van der Waals surface area contributed by atoms with Crippen LogP contribution in [0.1, 0.15) is 17.0 Å².